The third-order valence-electron chi connectivity index (χ3n) is 2.65. The summed E-state index contributed by atoms with van der Waals surface area (Å²) in [6, 6.07) is 3.57. The molecule has 2 aromatic rings. The summed E-state index contributed by atoms with van der Waals surface area (Å²) < 4.78 is 31.1. The minimum absolute atomic E-state index is 0.188. The highest BCUT2D eigenvalue weighted by molar-refractivity contribution is 7.89. The highest BCUT2D eigenvalue weighted by Gasteiger charge is 2.24. The topological polar surface area (TPSA) is 79.2 Å². The average molecular weight is 269 g/mol. The van der Waals surface area contributed by atoms with Gasteiger partial charge in [-0.3, -0.25) is 5.10 Å². The van der Waals surface area contributed by atoms with E-state index < -0.39 is 10.0 Å². The van der Waals surface area contributed by atoms with Gasteiger partial charge in [-0.2, -0.15) is 9.40 Å². The normalized spacial score (nSPS) is 12.2. The summed E-state index contributed by atoms with van der Waals surface area (Å²) in [6.45, 7) is 3.68. The molecule has 0 aliphatic rings. The molecule has 18 heavy (non-hydrogen) atoms. The number of nitrogens with zero attached hydrogens (tertiary/aromatic N) is 2. The number of hydrogen-bond donors (Lipinski definition) is 1. The van der Waals surface area contributed by atoms with E-state index in [0.29, 0.717) is 11.5 Å². The molecule has 2 heterocycles. The summed E-state index contributed by atoms with van der Waals surface area (Å²) in [5.41, 5.74) is 0.525. The van der Waals surface area contributed by atoms with E-state index in [9.17, 15) is 8.42 Å². The summed E-state index contributed by atoms with van der Waals surface area (Å²) >= 11 is 0. The molecular formula is C11H15N3O3S. The van der Waals surface area contributed by atoms with E-state index in [0.717, 1.165) is 5.76 Å². The van der Waals surface area contributed by atoms with Gasteiger partial charge in [-0.25, -0.2) is 8.42 Å². The maximum Gasteiger partial charge on any atom is 0.246 e. The first-order chi connectivity index (χ1) is 8.41. The van der Waals surface area contributed by atoms with Gasteiger partial charge in [-0.1, -0.05) is 0 Å². The lowest BCUT2D eigenvalue weighted by molar-refractivity contribution is 0.397. The minimum Gasteiger partial charge on any atom is -0.465 e. The molecule has 0 saturated heterocycles. The molecule has 0 aliphatic heterocycles. The Morgan fingerprint density at radius 1 is 1.39 bits per heavy atom. The van der Waals surface area contributed by atoms with Crippen molar-refractivity contribution < 1.29 is 12.8 Å². The fourth-order valence-corrected chi connectivity index (χ4v) is 2.89. The Kier molecular flexibility index (Phi) is 3.27. The fourth-order valence-electron chi connectivity index (χ4n) is 1.64. The molecule has 0 amide bonds. The first-order valence-corrected chi connectivity index (χ1v) is 6.87. The van der Waals surface area contributed by atoms with Crippen LogP contribution < -0.4 is 0 Å². The number of furan rings is 1. The Hall–Kier alpha value is -1.60. The predicted molar refractivity (Wildman–Crippen MR) is 65.4 cm³/mol. The Balaban J connectivity index is 2.23. The van der Waals surface area contributed by atoms with Gasteiger partial charge in [0.25, 0.3) is 0 Å². The summed E-state index contributed by atoms with van der Waals surface area (Å²) in [7, 11) is -2.02. The van der Waals surface area contributed by atoms with E-state index in [-0.39, 0.29) is 11.4 Å². The monoisotopic (exact) mass is 269 g/mol. The van der Waals surface area contributed by atoms with Crippen LogP contribution in [-0.2, 0) is 16.6 Å². The second-order valence-corrected chi connectivity index (χ2v) is 6.15. The molecule has 0 radical (unpaired) electrons. The lowest BCUT2D eigenvalue weighted by atomic mass is 10.4. The van der Waals surface area contributed by atoms with Crippen molar-refractivity contribution in [1.82, 2.24) is 14.5 Å². The van der Waals surface area contributed by atoms with Crippen LogP contribution in [0.3, 0.4) is 0 Å². The van der Waals surface area contributed by atoms with E-state index >= 15 is 0 Å². The molecule has 98 valence electrons. The predicted octanol–water partition coefficient (Wildman–Crippen LogP) is 1.44. The molecule has 2 rings (SSSR count). The van der Waals surface area contributed by atoms with Crippen LogP contribution in [0.1, 0.15) is 17.2 Å². The molecule has 0 aliphatic carbocycles. The minimum atomic E-state index is -3.54. The van der Waals surface area contributed by atoms with Gasteiger partial charge in [0.15, 0.2) is 0 Å². The van der Waals surface area contributed by atoms with Crippen LogP contribution in [0.4, 0.5) is 0 Å². The molecule has 0 aromatic carbocycles. The smallest absolute Gasteiger partial charge is 0.246 e. The van der Waals surface area contributed by atoms with Crippen molar-refractivity contribution in [2.45, 2.75) is 25.3 Å². The van der Waals surface area contributed by atoms with E-state index in [1.165, 1.54) is 17.5 Å². The number of sulfonamides is 1. The zero-order valence-electron chi connectivity index (χ0n) is 10.5. The van der Waals surface area contributed by atoms with Crippen LogP contribution >= 0.6 is 0 Å². The van der Waals surface area contributed by atoms with Crippen LogP contribution in [0.15, 0.2) is 27.6 Å². The average Bonchev–Trinajstić information content (AvgIpc) is 2.87. The number of H-pyrrole nitrogens is 1. The molecule has 0 atom stereocenters. The Morgan fingerprint density at radius 3 is 2.61 bits per heavy atom. The number of aromatic nitrogens is 2. The van der Waals surface area contributed by atoms with E-state index in [4.69, 9.17) is 4.42 Å². The highest BCUT2D eigenvalue weighted by Crippen LogP contribution is 2.19. The first kappa shape index (κ1) is 12.8. The van der Waals surface area contributed by atoms with Gasteiger partial charge in [0.1, 0.15) is 16.4 Å². The van der Waals surface area contributed by atoms with Crippen LogP contribution in [0.25, 0.3) is 0 Å². The summed E-state index contributed by atoms with van der Waals surface area (Å²) in [5.74, 6) is 1.37. The quantitative estimate of drug-likeness (QED) is 0.910. The molecule has 0 spiro atoms. The van der Waals surface area contributed by atoms with Crippen molar-refractivity contribution in [3.8, 4) is 0 Å². The number of rotatable bonds is 4. The van der Waals surface area contributed by atoms with E-state index in [2.05, 4.69) is 10.2 Å². The van der Waals surface area contributed by atoms with Gasteiger partial charge in [0.05, 0.1) is 18.4 Å². The van der Waals surface area contributed by atoms with Crippen molar-refractivity contribution in [3.63, 3.8) is 0 Å². The Morgan fingerprint density at radius 2 is 2.11 bits per heavy atom. The van der Waals surface area contributed by atoms with Crippen molar-refractivity contribution in [3.05, 3.63) is 35.5 Å². The Bertz CT molecular complexity index is 642. The highest BCUT2D eigenvalue weighted by atomic mass is 32.2. The summed E-state index contributed by atoms with van der Waals surface area (Å²) in [5, 5.41) is 6.35. The van der Waals surface area contributed by atoms with Gasteiger partial charge >= 0.3 is 0 Å². The molecule has 1 N–H and O–H groups in total. The van der Waals surface area contributed by atoms with Crippen molar-refractivity contribution in [2.24, 2.45) is 0 Å². The number of aromatic amines is 1. The van der Waals surface area contributed by atoms with Crippen LogP contribution in [0.5, 0.6) is 0 Å². The standard InChI is InChI=1S/C11H15N3O3S/c1-8-4-5-10(17-8)7-14(3)18(15,16)11-6-12-13-9(11)2/h4-6H,7H2,1-3H3,(H,12,13). The number of aryl methyl sites for hydroxylation is 2. The molecule has 2 aromatic heterocycles. The van der Waals surface area contributed by atoms with Crippen LogP contribution in [0.2, 0.25) is 0 Å². The second kappa shape index (κ2) is 4.58. The lowest BCUT2D eigenvalue weighted by Gasteiger charge is -2.15. The van der Waals surface area contributed by atoms with Gasteiger partial charge < -0.3 is 4.42 Å². The van der Waals surface area contributed by atoms with Gasteiger partial charge in [-0.15, -0.1) is 0 Å². The van der Waals surface area contributed by atoms with Gasteiger partial charge in [0.2, 0.25) is 10.0 Å². The number of nitrogens with one attached hydrogen (secondary N) is 1. The molecule has 7 heteroatoms. The fraction of sp³-hybridized carbons (Fsp3) is 0.364. The second-order valence-electron chi connectivity index (χ2n) is 4.13. The van der Waals surface area contributed by atoms with Gasteiger partial charge in [0, 0.05) is 7.05 Å². The molecule has 0 fully saturated rings. The molecule has 0 bridgehead atoms. The third-order valence-corrected chi connectivity index (χ3v) is 4.56. The largest absolute Gasteiger partial charge is 0.465 e. The Labute approximate surface area is 106 Å². The first-order valence-electron chi connectivity index (χ1n) is 5.43. The summed E-state index contributed by atoms with van der Waals surface area (Å²) in [6.07, 6.45) is 1.31. The van der Waals surface area contributed by atoms with Crippen LogP contribution in [-0.4, -0.2) is 30.0 Å². The molecule has 0 unspecified atom stereocenters. The molecule has 6 nitrogen and oxygen atoms in total. The maximum absolute atomic E-state index is 12.2. The zero-order chi connectivity index (χ0) is 13.3. The molecule has 0 saturated carbocycles. The zero-order valence-corrected chi connectivity index (χ0v) is 11.3. The maximum atomic E-state index is 12.2. The summed E-state index contributed by atoms with van der Waals surface area (Å²) in [4.78, 5) is 0.188. The van der Waals surface area contributed by atoms with Crippen molar-refractivity contribution >= 4 is 10.0 Å². The van der Waals surface area contributed by atoms with Crippen LogP contribution in [0, 0.1) is 13.8 Å². The van der Waals surface area contributed by atoms with Crippen molar-refractivity contribution in [2.75, 3.05) is 7.05 Å². The van der Waals surface area contributed by atoms with E-state index in [1.54, 1.807) is 19.1 Å². The number of hydrogen-bond acceptors (Lipinski definition) is 4. The SMILES string of the molecule is Cc1ccc(CN(C)S(=O)(=O)c2cn[nH]c2C)o1. The van der Waals surface area contributed by atoms with Gasteiger partial charge in [-0.05, 0) is 26.0 Å². The van der Waals surface area contributed by atoms with Crippen molar-refractivity contribution in [1.29, 1.82) is 0 Å². The molecular weight excluding hydrogens is 254 g/mol. The lowest BCUT2D eigenvalue weighted by Crippen LogP contribution is -2.26. The van der Waals surface area contributed by atoms with E-state index in [1.807, 2.05) is 6.92 Å². The third kappa shape index (κ3) is 2.32.